The van der Waals surface area contributed by atoms with Crippen LogP contribution in [0.4, 0.5) is 13.2 Å². The largest absolute Gasteiger partial charge is 0.318 e. The molecule has 1 unspecified atom stereocenters. The van der Waals surface area contributed by atoms with Crippen molar-refractivity contribution in [2.75, 3.05) is 61.7 Å². The van der Waals surface area contributed by atoms with Crippen LogP contribution in [0.2, 0.25) is 0 Å². The molecule has 1 aliphatic carbocycles. The molecule has 46 heavy (non-hydrogen) atoms. The molecule has 8 nitrogen and oxygen atoms in total. The number of allylic oxidation sites excluding steroid dienone is 2. The van der Waals surface area contributed by atoms with Crippen molar-refractivity contribution < 1.29 is 17.4 Å². The summed E-state index contributed by atoms with van der Waals surface area (Å²) < 4.78 is 48.3. The average molecular weight is 708 g/mol. The molecule has 1 fully saturated rings. The molecule has 14 heteroatoms. The maximum absolute atomic E-state index is 13.2. The Hall–Kier alpha value is -1.39. The predicted molar refractivity (Wildman–Crippen MR) is 194 cm³/mol. The van der Waals surface area contributed by atoms with Gasteiger partial charge in [-0.15, -0.1) is 10.2 Å². The number of rotatable bonds is 15. The molecule has 1 aliphatic heterocycles. The minimum absolute atomic E-state index is 0.104. The number of nitrogens with one attached hydrogen (secondary N) is 2. The van der Waals surface area contributed by atoms with Crippen LogP contribution in [0.5, 0.6) is 0 Å². The van der Waals surface area contributed by atoms with E-state index in [2.05, 4.69) is 71.3 Å². The Morgan fingerprint density at radius 1 is 1.15 bits per heavy atom. The fraction of sp³-hybridized carbons (Fsp3) is 0.688. The SMILES string of the molecule is CC.CCCN(CCNC)C1C=CC/C(SNC2(CCF)CCC2)=C\n2c(ccc2-c2nnc(CF)s2)C1.CF.COSN(C)C. The number of alkyl halides is 3. The molecule has 2 aromatic rings. The molecule has 0 aromatic carbocycles. The highest BCUT2D eigenvalue weighted by Gasteiger charge is 2.36. The zero-order valence-corrected chi connectivity index (χ0v) is 31.4. The summed E-state index contributed by atoms with van der Waals surface area (Å²) in [6, 6.07) is 4.50. The fourth-order valence-electron chi connectivity index (χ4n) is 5.03. The normalized spacial score (nSPS) is 17.8. The van der Waals surface area contributed by atoms with Crippen molar-refractivity contribution in [3.63, 3.8) is 0 Å². The van der Waals surface area contributed by atoms with E-state index < -0.39 is 6.67 Å². The molecule has 4 rings (SSSR count). The van der Waals surface area contributed by atoms with Crippen molar-refractivity contribution >= 4 is 41.7 Å². The van der Waals surface area contributed by atoms with E-state index in [9.17, 15) is 13.2 Å². The molecule has 2 N–H and O–H groups in total. The molecule has 0 radical (unpaired) electrons. The molecule has 0 saturated heterocycles. The predicted octanol–water partition coefficient (Wildman–Crippen LogP) is 7.97. The molecule has 2 aromatic heterocycles. The topological polar surface area (TPSA) is 70.5 Å². The summed E-state index contributed by atoms with van der Waals surface area (Å²) in [5.74, 6) is 0. The molecule has 0 bridgehead atoms. The third-order valence-electron chi connectivity index (χ3n) is 7.31. The Morgan fingerprint density at radius 2 is 1.89 bits per heavy atom. The molecular formula is C32H56F3N7OS3. The summed E-state index contributed by atoms with van der Waals surface area (Å²) in [6.07, 6.45) is 13.3. The molecule has 3 heterocycles. The van der Waals surface area contributed by atoms with Gasteiger partial charge in [-0.25, -0.2) is 8.70 Å². The van der Waals surface area contributed by atoms with Crippen LogP contribution >= 0.6 is 35.5 Å². The number of aromatic nitrogens is 3. The highest BCUT2D eigenvalue weighted by molar-refractivity contribution is 8.01. The molecule has 2 aliphatic rings. The molecule has 1 saturated carbocycles. The lowest BCUT2D eigenvalue weighted by atomic mass is 9.76. The summed E-state index contributed by atoms with van der Waals surface area (Å²) in [5, 5.41) is 12.7. The first-order valence-electron chi connectivity index (χ1n) is 16.0. The summed E-state index contributed by atoms with van der Waals surface area (Å²) in [6.45, 7) is 8.27. The number of fused-ring (bicyclic) bond motifs is 1. The molecular weight excluding hydrogens is 652 g/mol. The third kappa shape index (κ3) is 14.0. The van der Waals surface area contributed by atoms with Gasteiger partial charge in [0.2, 0.25) is 0 Å². The molecule has 1 atom stereocenters. The van der Waals surface area contributed by atoms with Gasteiger partial charge in [-0.1, -0.05) is 44.3 Å². The number of hydrogen-bond acceptors (Lipinski definition) is 10. The van der Waals surface area contributed by atoms with Crippen LogP contribution < -0.4 is 10.0 Å². The first kappa shape index (κ1) is 42.6. The summed E-state index contributed by atoms with van der Waals surface area (Å²) in [7, 11) is 7.99. The lowest BCUT2D eigenvalue weighted by Crippen LogP contribution is -2.48. The standard InChI is InChI=1S/C26H38F2N6S2.C3H9NOS.C2H6.CH3F/c1-3-15-33(16-14-29-2)20-6-4-7-22(36-32-26(12-13-27)10-5-11-26)19-34-21(17-20)8-9-23(34)25-31-30-24(18-28)35-25;1-4(2)6-5-3;2*1-2/h4,6,8-9,19-20,29,32H,3,5,7,10-18H2,1-2H3;1-3H3;1-2H3;1H3/b6-4?,22-19+;;;. The van der Waals surface area contributed by atoms with Gasteiger partial charge in [-0.3, -0.25) is 18.4 Å². The van der Waals surface area contributed by atoms with E-state index in [1.54, 1.807) is 19.1 Å². The van der Waals surface area contributed by atoms with Gasteiger partial charge < -0.3 is 14.1 Å². The van der Waals surface area contributed by atoms with Crippen LogP contribution in [0.3, 0.4) is 0 Å². The van der Waals surface area contributed by atoms with E-state index in [1.807, 2.05) is 39.3 Å². The minimum atomic E-state index is -0.605. The van der Waals surface area contributed by atoms with E-state index in [-0.39, 0.29) is 18.3 Å². The molecule has 0 amide bonds. The fourth-order valence-corrected chi connectivity index (χ4v) is 7.03. The van der Waals surface area contributed by atoms with Crippen LogP contribution in [0.25, 0.3) is 16.9 Å². The molecule has 0 spiro atoms. The van der Waals surface area contributed by atoms with Crippen molar-refractivity contribution in [2.24, 2.45) is 0 Å². The van der Waals surface area contributed by atoms with Crippen LogP contribution in [-0.2, 0) is 17.3 Å². The van der Waals surface area contributed by atoms with Gasteiger partial charge in [-0.2, -0.15) is 0 Å². The van der Waals surface area contributed by atoms with Crippen molar-refractivity contribution in [2.45, 2.75) is 84.0 Å². The van der Waals surface area contributed by atoms with E-state index in [0.29, 0.717) is 18.6 Å². The van der Waals surface area contributed by atoms with Gasteiger partial charge in [0, 0.05) is 47.9 Å². The third-order valence-corrected chi connectivity index (χ3v) is 9.73. The van der Waals surface area contributed by atoms with E-state index in [0.717, 1.165) is 73.8 Å². The minimum Gasteiger partial charge on any atom is -0.318 e. The van der Waals surface area contributed by atoms with E-state index >= 15 is 0 Å². The monoisotopic (exact) mass is 707 g/mol. The van der Waals surface area contributed by atoms with Crippen molar-refractivity contribution in [3.8, 4) is 10.7 Å². The lowest BCUT2D eigenvalue weighted by Gasteiger charge is -2.42. The summed E-state index contributed by atoms with van der Waals surface area (Å²) in [4.78, 5) is 3.69. The zero-order valence-electron chi connectivity index (χ0n) is 29.0. The van der Waals surface area contributed by atoms with E-state index in [1.165, 1.54) is 29.3 Å². The summed E-state index contributed by atoms with van der Waals surface area (Å²) in [5.41, 5.74) is 2.01. The second-order valence-electron chi connectivity index (χ2n) is 10.7. The first-order valence-corrected chi connectivity index (χ1v) is 18.3. The number of likely N-dealkylation sites (N-methyl/N-ethyl adjacent to an activating group) is 1. The van der Waals surface area contributed by atoms with Gasteiger partial charge in [0.1, 0.15) is 11.7 Å². The van der Waals surface area contributed by atoms with Crippen LogP contribution in [0, 0.1) is 0 Å². The zero-order chi connectivity index (χ0) is 34.4. The Kier molecular flexibility index (Phi) is 22.9. The lowest BCUT2D eigenvalue weighted by molar-refractivity contribution is 0.193. The van der Waals surface area contributed by atoms with Crippen molar-refractivity contribution in [1.82, 2.24) is 34.0 Å². The van der Waals surface area contributed by atoms with Crippen LogP contribution in [0.1, 0.15) is 70.0 Å². The van der Waals surface area contributed by atoms with Gasteiger partial charge >= 0.3 is 0 Å². The number of halogens is 3. The van der Waals surface area contributed by atoms with Gasteiger partial charge in [-0.05, 0) is 90.3 Å². The maximum Gasteiger partial charge on any atom is 0.164 e. The smallest absolute Gasteiger partial charge is 0.164 e. The average Bonchev–Trinajstić information content (AvgIpc) is 3.69. The second-order valence-corrected chi connectivity index (χ2v) is 13.9. The van der Waals surface area contributed by atoms with Crippen LogP contribution in [0.15, 0.2) is 29.2 Å². The highest BCUT2D eigenvalue weighted by Crippen LogP contribution is 2.39. The number of nitrogens with zero attached hydrogens (tertiary/aromatic N) is 5. The van der Waals surface area contributed by atoms with Gasteiger partial charge in [0.05, 0.1) is 38.9 Å². The Bertz CT molecular complexity index is 1130. The number of hydrogen-bond donors (Lipinski definition) is 2. The van der Waals surface area contributed by atoms with Crippen molar-refractivity contribution in [1.29, 1.82) is 0 Å². The van der Waals surface area contributed by atoms with E-state index in [4.69, 9.17) is 0 Å². The van der Waals surface area contributed by atoms with Gasteiger partial charge in [0.25, 0.3) is 0 Å². The Labute approximate surface area is 288 Å². The molecule has 264 valence electrons. The Balaban J connectivity index is 0.000000936. The highest BCUT2D eigenvalue weighted by atomic mass is 32.2. The van der Waals surface area contributed by atoms with Crippen molar-refractivity contribution in [3.05, 3.63) is 39.9 Å². The second kappa shape index (κ2) is 24.7. The first-order chi connectivity index (χ1) is 22.4. The van der Waals surface area contributed by atoms with Gasteiger partial charge in [0.15, 0.2) is 5.01 Å². The summed E-state index contributed by atoms with van der Waals surface area (Å²) >= 11 is 4.24. The van der Waals surface area contributed by atoms with Crippen LogP contribution in [-0.4, -0.2) is 97.3 Å². The quantitative estimate of drug-likeness (QED) is 0.109. The maximum atomic E-state index is 13.2. The Morgan fingerprint density at radius 3 is 2.41 bits per heavy atom.